The van der Waals surface area contributed by atoms with Crippen LogP contribution in [0.2, 0.25) is 0 Å². The Kier molecular flexibility index (Phi) is 7.25. The lowest BCUT2D eigenvalue weighted by atomic mass is 9.92. The Morgan fingerprint density at radius 3 is 2.06 bits per heavy atom. The number of rotatable bonds is 8. The van der Waals surface area contributed by atoms with Crippen molar-refractivity contribution in [1.29, 1.82) is 0 Å². The fraction of sp³-hybridized carbons (Fsp3) is 1.00. The standard InChI is InChI=1S/C14H30O2/c1-8-14(5,6)16-10-13(15-7)9-12(4)11(2)3/h11-13H,8-10H2,1-7H3. The highest BCUT2D eigenvalue weighted by Gasteiger charge is 2.20. The average molecular weight is 230 g/mol. The highest BCUT2D eigenvalue weighted by atomic mass is 16.5. The summed E-state index contributed by atoms with van der Waals surface area (Å²) >= 11 is 0. The van der Waals surface area contributed by atoms with Gasteiger partial charge in [0.25, 0.3) is 0 Å². The summed E-state index contributed by atoms with van der Waals surface area (Å²) in [6.45, 7) is 13.9. The molecule has 2 nitrogen and oxygen atoms in total. The van der Waals surface area contributed by atoms with Gasteiger partial charge in [-0.05, 0) is 38.5 Å². The first kappa shape index (κ1) is 15.9. The lowest BCUT2D eigenvalue weighted by molar-refractivity contribution is -0.0774. The van der Waals surface area contributed by atoms with E-state index in [4.69, 9.17) is 9.47 Å². The molecule has 0 aromatic rings. The van der Waals surface area contributed by atoms with Crippen LogP contribution in [-0.4, -0.2) is 25.4 Å². The van der Waals surface area contributed by atoms with Crippen LogP contribution in [0.15, 0.2) is 0 Å². The first-order valence-corrected chi connectivity index (χ1v) is 6.49. The highest BCUT2D eigenvalue weighted by Crippen LogP contribution is 2.20. The van der Waals surface area contributed by atoms with Gasteiger partial charge in [-0.2, -0.15) is 0 Å². The Balaban J connectivity index is 4.02. The van der Waals surface area contributed by atoms with Gasteiger partial charge in [0.2, 0.25) is 0 Å². The minimum absolute atomic E-state index is 0.0299. The van der Waals surface area contributed by atoms with E-state index in [0.29, 0.717) is 18.4 Å². The SMILES string of the molecule is CCC(C)(C)OCC(CC(C)C(C)C)OC. The van der Waals surface area contributed by atoms with E-state index < -0.39 is 0 Å². The van der Waals surface area contributed by atoms with Crippen LogP contribution in [0.1, 0.15) is 54.4 Å². The Hall–Kier alpha value is -0.0800. The number of methoxy groups -OCH3 is 1. The normalized spacial score (nSPS) is 16.5. The van der Waals surface area contributed by atoms with Crippen LogP contribution in [0.25, 0.3) is 0 Å². The van der Waals surface area contributed by atoms with Gasteiger partial charge in [-0.3, -0.25) is 0 Å². The van der Waals surface area contributed by atoms with E-state index in [2.05, 4.69) is 41.5 Å². The summed E-state index contributed by atoms with van der Waals surface area (Å²) in [6, 6.07) is 0. The molecule has 0 saturated carbocycles. The molecule has 0 bridgehead atoms. The Morgan fingerprint density at radius 1 is 1.12 bits per heavy atom. The van der Waals surface area contributed by atoms with Gasteiger partial charge in [-0.15, -0.1) is 0 Å². The van der Waals surface area contributed by atoms with E-state index in [1.54, 1.807) is 7.11 Å². The van der Waals surface area contributed by atoms with Gasteiger partial charge < -0.3 is 9.47 Å². The minimum atomic E-state index is -0.0299. The Labute approximate surface area is 102 Å². The summed E-state index contributed by atoms with van der Waals surface area (Å²) in [7, 11) is 1.78. The fourth-order valence-corrected chi connectivity index (χ4v) is 1.34. The van der Waals surface area contributed by atoms with Crippen LogP contribution in [0.4, 0.5) is 0 Å². The Morgan fingerprint density at radius 2 is 1.69 bits per heavy atom. The largest absolute Gasteiger partial charge is 0.379 e. The second-order valence-corrected chi connectivity index (χ2v) is 5.74. The molecule has 0 amide bonds. The van der Waals surface area contributed by atoms with E-state index in [1.807, 2.05) is 0 Å². The number of hydrogen-bond acceptors (Lipinski definition) is 2. The molecule has 0 aromatic carbocycles. The van der Waals surface area contributed by atoms with Crippen molar-refractivity contribution < 1.29 is 9.47 Å². The van der Waals surface area contributed by atoms with Crippen molar-refractivity contribution in [3.63, 3.8) is 0 Å². The summed E-state index contributed by atoms with van der Waals surface area (Å²) in [5.74, 6) is 1.38. The predicted octanol–water partition coefficient (Wildman–Crippen LogP) is 3.89. The molecule has 98 valence electrons. The second kappa shape index (κ2) is 7.29. The summed E-state index contributed by atoms with van der Waals surface area (Å²) < 4.78 is 11.4. The molecule has 0 fully saturated rings. The summed E-state index contributed by atoms with van der Waals surface area (Å²) in [4.78, 5) is 0. The molecule has 0 spiro atoms. The van der Waals surface area contributed by atoms with Crippen molar-refractivity contribution in [2.45, 2.75) is 66.1 Å². The maximum atomic E-state index is 5.89. The van der Waals surface area contributed by atoms with Crippen LogP contribution in [0, 0.1) is 11.8 Å². The van der Waals surface area contributed by atoms with Crippen molar-refractivity contribution >= 4 is 0 Å². The van der Waals surface area contributed by atoms with Crippen LogP contribution in [0.5, 0.6) is 0 Å². The molecule has 0 saturated heterocycles. The molecular formula is C14H30O2. The van der Waals surface area contributed by atoms with Crippen molar-refractivity contribution in [1.82, 2.24) is 0 Å². The molecule has 2 unspecified atom stereocenters. The van der Waals surface area contributed by atoms with Gasteiger partial charge in [-0.25, -0.2) is 0 Å². The third-order valence-electron chi connectivity index (χ3n) is 3.62. The third kappa shape index (κ3) is 6.49. The van der Waals surface area contributed by atoms with Gasteiger partial charge in [0.05, 0.1) is 18.3 Å². The maximum absolute atomic E-state index is 5.89. The molecule has 0 aromatic heterocycles. The minimum Gasteiger partial charge on any atom is -0.379 e. The zero-order chi connectivity index (χ0) is 12.8. The third-order valence-corrected chi connectivity index (χ3v) is 3.62. The predicted molar refractivity (Wildman–Crippen MR) is 69.7 cm³/mol. The molecule has 0 aliphatic carbocycles. The topological polar surface area (TPSA) is 18.5 Å². The van der Waals surface area contributed by atoms with Crippen molar-refractivity contribution in [3.8, 4) is 0 Å². The zero-order valence-corrected chi connectivity index (χ0v) is 12.2. The van der Waals surface area contributed by atoms with E-state index in [1.165, 1.54) is 0 Å². The molecule has 0 radical (unpaired) electrons. The molecule has 2 heteroatoms. The molecule has 0 rings (SSSR count). The molecule has 0 aliphatic heterocycles. The zero-order valence-electron chi connectivity index (χ0n) is 12.2. The molecule has 0 N–H and O–H groups in total. The monoisotopic (exact) mass is 230 g/mol. The van der Waals surface area contributed by atoms with E-state index >= 15 is 0 Å². The lowest BCUT2D eigenvalue weighted by Gasteiger charge is -2.28. The van der Waals surface area contributed by atoms with Crippen LogP contribution in [0.3, 0.4) is 0 Å². The van der Waals surface area contributed by atoms with Crippen molar-refractivity contribution in [2.75, 3.05) is 13.7 Å². The van der Waals surface area contributed by atoms with Crippen LogP contribution in [-0.2, 0) is 9.47 Å². The highest BCUT2D eigenvalue weighted by molar-refractivity contribution is 4.70. The number of hydrogen-bond donors (Lipinski definition) is 0. The van der Waals surface area contributed by atoms with Gasteiger partial charge in [0.15, 0.2) is 0 Å². The van der Waals surface area contributed by atoms with E-state index in [0.717, 1.165) is 12.8 Å². The van der Waals surface area contributed by atoms with Gasteiger partial charge in [-0.1, -0.05) is 27.7 Å². The molecule has 0 heterocycles. The first-order valence-electron chi connectivity index (χ1n) is 6.49. The van der Waals surface area contributed by atoms with Crippen LogP contribution < -0.4 is 0 Å². The number of ether oxygens (including phenoxy) is 2. The first-order chi connectivity index (χ1) is 7.32. The average Bonchev–Trinajstić information content (AvgIpc) is 2.23. The quantitative estimate of drug-likeness (QED) is 0.630. The smallest absolute Gasteiger partial charge is 0.0807 e. The summed E-state index contributed by atoms with van der Waals surface area (Å²) in [6.07, 6.45) is 2.33. The van der Waals surface area contributed by atoms with Gasteiger partial charge >= 0.3 is 0 Å². The molecule has 16 heavy (non-hydrogen) atoms. The summed E-state index contributed by atoms with van der Waals surface area (Å²) in [5, 5.41) is 0. The van der Waals surface area contributed by atoms with Gasteiger partial charge in [0.1, 0.15) is 0 Å². The molecule has 2 atom stereocenters. The Bertz CT molecular complexity index is 176. The second-order valence-electron chi connectivity index (χ2n) is 5.74. The molecule has 0 aliphatic rings. The van der Waals surface area contributed by atoms with Crippen molar-refractivity contribution in [2.24, 2.45) is 11.8 Å². The fourth-order valence-electron chi connectivity index (χ4n) is 1.34. The van der Waals surface area contributed by atoms with Crippen LogP contribution >= 0.6 is 0 Å². The maximum Gasteiger partial charge on any atom is 0.0807 e. The van der Waals surface area contributed by atoms with E-state index in [-0.39, 0.29) is 11.7 Å². The van der Waals surface area contributed by atoms with E-state index in [9.17, 15) is 0 Å². The van der Waals surface area contributed by atoms with Crippen molar-refractivity contribution in [3.05, 3.63) is 0 Å². The molecular weight excluding hydrogens is 200 g/mol. The summed E-state index contributed by atoms with van der Waals surface area (Å²) in [5.41, 5.74) is -0.0299. The lowest BCUT2D eigenvalue weighted by Crippen LogP contribution is -2.31. The van der Waals surface area contributed by atoms with Gasteiger partial charge in [0, 0.05) is 7.11 Å².